The van der Waals surface area contributed by atoms with Crippen molar-refractivity contribution in [1.82, 2.24) is 5.32 Å². The summed E-state index contributed by atoms with van der Waals surface area (Å²) in [6.45, 7) is 0.603. The van der Waals surface area contributed by atoms with Crippen LogP contribution in [0.25, 0.3) is 0 Å². The first-order chi connectivity index (χ1) is 10.6. The SMILES string of the molecule is CN(C)c1ccc(CCCNC(=O)c2ccc(F)cc2)cc1. The monoisotopic (exact) mass is 300 g/mol. The van der Waals surface area contributed by atoms with E-state index in [9.17, 15) is 9.18 Å². The van der Waals surface area contributed by atoms with Gasteiger partial charge in [0.05, 0.1) is 0 Å². The van der Waals surface area contributed by atoms with Gasteiger partial charge >= 0.3 is 0 Å². The lowest BCUT2D eigenvalue weighted by Gasteiger charge is -2.12. The van der Waals surface area contributed by atoms with Crippen molar-refractivity contribution in [3.8, 4) is 0 Å². The number of hydrogen-bond acceptors (Lipinski definition) is 2. The standard InChI is InChI=1S/C18H21FN2O/c1-21(2)17-11-5-14(6-12-17)4-3-13-20-18(22)15-7-9-16(19)10-8-15/h5-12H,3-4,13H2,1-2H3,(H,20,22). The van der Waals surface area contributed by atoms with Crippen molar-refractivity contribution >= 4 is 11.6 Å². The molecule has 0 fully saturated rings. The summed E-state index contributed by atoms with van der Waals surface area (Å²) in [5, 5.41) is 2.85. The van der Waals surface area contributed by atoms with Crippen molar-refractivity contribution in [2.45, 2.75) is 12.8 Å². The number of halogens is 1. The van der Waals surface area contributed by atoms with Crippen LogP contribution in [0.15, 0.2) is 48.5 Å². The van der Waals surface area contributed by atoms with Crippen LogP contribution in [0, 0.1) is 5.82 Å². The predicted molar refractivity (Wildman–Crippen MR) is 87.8 cm³/mol. The molecule has 0 heterocycles. The molecule has 1 amide bonds. The predicted octanol–water partition coefficient (Wildman–Crippen LogP) is 3.25. The minimum absolute atomic E-state index is 0.164. The number of rotatable bonds is 6. The maximum absolute atomic E-state index is 12.8. The molecule has 116 valence electrons. The molecular weight excluding hydrogens is 279 g/mol. The average molecular weight is 300 g/mol. The number of nitrogens with zero attached hydrogens (tertiary/aromatic N) is 1. The van der Waals surface area contributed by atoms with Crippen LogP contribution in [0.3, 0.4) is 0 Å². The molecular formula is C18H21FN2O. The summed E-state index contributed by atoms with van der Waals surface area (Å²) in [5.41, 5.74) is 2.91. The zero-order valence-corrected chi connectivity index (χ0v) is 13.0. The molecule has 0 radical (unpaired) electrons. The summed E-state index contributed by atoms with van der Waals surface area (Å²) in [6.07, 6.45) is 1.78. The zero-order valence-electron chi connectivity index (χ0n) is 13.0. The fraction of sp³-hybridized carbons (Fsp3) is 0.278. The Kier molecular flexibility index (Phi) is 5.53. The maximum Gasteiger partial charge on any atom is 0.251 e. The lowest BCUT2D eigenvalue weighted by molar-refractivity contribution is 0.0953. The van der Waals surface area contributed by atoms with E-state index in [1.54, 1.807) is 0 Å². The number of benzene rings is 2. The summed E-state index contributed by atoms with van der Waals surface area (Å²) in [7, 11) is 4.03. The van der Waals surface area contributed by atoms with E-state index in [0.717, 1.165) is 12.8 Å². The number of amides is 1. The lowest BCUT2D eigenvalue weighted by atomic mass is 10.1. The molecule has 0 aliphatic carbocycles. The number of hydrogen-bond donors (Lipinski definition) is 1. The third-order valence-electron chi connectivity index (χ3n) is 3.49. The molecule has 0 spiro atoms. The van der Waals surface area contributed by atoms with Gasteiger partial charge in [0.25, 0.3) is 5.91 Å². The van der Waals surface area contributed by atoms with Gasteiger partial charge in [-0.05, 0) is 54.8 Å². The molecule has 0 unspecified atom stereocenters. The first-order valence-electron chi connectivity index (χ1n) is 7.36. The molecule has 0 aliphatic heterocycles. The molecule has 0 saturated heterocycles. The third-order valence-corrected chi connectivity index (χ3v) is 3.49. The van der Waals surface area contributed by atoms with E-state index in [1.165, 1.54) is 35.5 Å². The summed E-state index contributed by atoms with van der Waals surface area (Å²) in [6, 6.07) is 14.0. The molecule has 0 saturated carbocycles. The van der Waals surface area contributed by atoms with E-state index in [4.69, 9.17) is 0 Å². The van der Waals surface area contributed by atoms with Gasteiger partial charge in [-0.25, -0.2) is 4.39 Å². The highest BCUT2D eigenvalue weighted by Crippen LogP contribution is 2.13. The molecule has 0 bridgehead atoms. The van der Waals surface area contributed by atoms with Crippen molar-refractivity contribution in [3.63, 3.8) is 0 Å². The highest BCUT2D eigenvalue weighted by atomic mass is 19.1. The minimum atomic E-state index is -0.335. The Morgan fingerprint density at radius 3 is 2.27 bits per heavy atom. The van der Waals surface area contributed by atoms with Crippen molar-refractivity contribution in [1.29, 1.82) is 0 Å². The first kappa shape index (κ1) is 16.0. The Balaban J connectivity index is 1.74. The second kappa shape index (κ2) is 7.59. The Hall–Kier alpha value is -2.36. The van der Waals surface area contributed by atoms with Crippen molar-refractivity contribution < 1.29 is 9.18 Å². The number of carbonyl (C=O) groups excluding carboxylic acids is 1. The van der Waals surface area contributed by atoms with Gasteiger partial charge in [0.2, 0.25) is 0 Å². The molecule has 2 aromatic carbocycles. The van der Waals surface area contributed by atoms with E-state index < -0.39 is 0 Å². The van der Waals surface area contributed by atoms with Gasteiger partial charge in [-0.15, -0.1) is 0 Å². The molecule has 0 aromatic heterocycles. The van der Waals surface area contributed by atoms with Gasteiger partial charge < -0.3 is 10.2 Å². The largest absolute Gasteiger partial charge is 0.378 e. The topological polar surface area (TPSA) is 32.3 Å². The third kappa shape index (κ3) is 4.58. The second-order valence-electron chi connectivity index (χ2n) is 5.43. The van der Waals surface area contributed by atoms with Crippen LogP contribution in [0.1, 0.15) is 22.3 Å². The summed E-state index contributed by atoms with van der Waals surface area (Å²) in [5.74, 6) is -0.499. The van der Waals surface area contributed by atoms with E-state index in [0.29, 0.717) is 12.1 Å². The molecule has 2 rings (SSSR count). The normalized spacial score (nSPS) is 10.3. The van der Waals surface area contributed by atoms with Crippen LogP contribution in [-0.4, -0.2) is 26.5 Å². The van der Waals surface area contributed by atoms with Crippen LogP contribution >= 0.6 is 0 Å². The number of nitrogens with one attached hydrogen (secondary N) is 1. The first-order valence-corrected chi connectivity index (χ1v) is 7.36. The molecule has 2 aromatic rings. The summed E-state index contributed by atoms with van der Waals surface area (Å²) in [4.78, 5) is 13.9. The van der Waals surface area contributed by atoms with Gasteiger partial charge in [0.1, 0.15) is 5.82 Å². The van der Waals surface area contributed by atoms with Crippen molar-refractivity contribution in [2.75, 3.05) is 25.5 Å². The fourth-order valence-electron chi connectivity index (χ4n) is 2.16. The molecule has 3 nitrogen and oxygen atoms in total. The number of carbonyl (C=O) groups is 1. The van der Waals surface area contributed by atoms with Crippen LogP contribution in [0.4, 0.5) is 10.1 Å². The minimum Gasteiger partial charge on any atom is -0.378 e. The lowest BCUT2D eigenvalue weighted by Crippen LogP contribution is -2.24. The fourth-order valence-corrected chi connectivity index (χ4v) is 2.16. The van der Waals surface area contributed by atoms with E-state index in [-0.39, 0.29) is 11.7 Å². The maximum atomic E-state index is 12.8. The van der Waals surface area contributed by atoms with E-state index in [1.807, 2.05) is 14.1 Å². The number of aryl methyl sites for hydroxylation is 1. The van der Waals surface area contributed by atoms with Gasteiger partial charge in [-0.3, -0.25) is 4.79 Å². The van der Waals surface area contributed by atoms with Crippen LogP contribution in [0.5, 0.6) is 0 Å². The molecule has 0 aliphatic rings. The smallest absolute Gasteiger partial charge is 0.251 e. The Morgan fingerprint density at radius 2 is 1.68 bits per heavy atom. The highest BCUT2D eigenvalue weighted by Gasteiger charge is 2.04. The molecule has 4 heteroatoms. The van der Waals surface area contributed by atoms with Gasteiger partial charge in [-0.2, -0.15) is 0 Å². The summed E-state index contributed by atoms with van der Waals surface area (Å²) < 4.78 is 12.8. The summed E-state index contributed by atoms with van der Waals surface area (Å²) >= 11 is 0. The molecule has 0 atom stereocenters. The average Bonchev–Trinajstić information content (AvgIpc) is 2.52. The van der Waals surface area contributed by atoms with Gasteiger partial charge in [0.15, 0.2) is 0 Å². The molecule has 1 N–H and O–H groups in total. The number of anilines is 1. The Labute approximate surface area is 130 Å². The second-order valence-corrected chi connectivity index (χ2v) is 5.43. The van der Waals surface area contributed by atoms with Crippen molar-refractivity contribution in [3.05, 3.63) is 65.5 Å². The van der Waals surface area contributed by atoms with Gasteiger partial charge in [-0.1, -0.05) is 12.1 Å². The Morgan fingerprint density at radius 1 is 1.05 bits per heavy atom. The zero-order chi connectivity index (χ0) is 15.9. The van der Waals surface area contributed by atoms with Crippen LogP contribution in [0.2, 0.25) is 0 Å². The van der Waals surface area contributed by atoms with Gasteiger partial charge in [0, 0.05) is 31.9 Å². The Bertz CT molecular complexity index is 606. The molecule has 22 heavy (non-hydrogen) atoms. The van der Waals surface area contributed by atoms with E-state index in [2.05, 4.69) is 34.5 Å². The highest BCUT2D eigenvalue weighted by molar-refractivity contribution is 5.94. The van der Waals surface area contributed by atoms with Crippen LogP contribution < -0.4 is 10.2 Å². The quantitative estimate of drug-likeness (QED) is 0.831. The van der Waals surface area contributed by atoms with E-state index >= 15 is 0 Å². The van der Waals surface area contributed by atoms with Crippen LogP contribution in [-0.2, 0) is 6.42 Å². The van der Waals surface area contributed by atoms with Crippen molar-refractivity contribution in [2.24, 2.45) is 0 Å².